The average Bonchev–Trinajstić information content (AvgIpc) is 3.05. The van der Waals surface area contributed by atoms with Crippen molar-refractivity contribution in [2.45, 2.75) is 10.9 Å². The van der Waals surface area contributed by atoms with Crippen LogP contribution in [0.5, 0.6) is 0 Å². The summed E-state index contributed by atoms with van der Waals surface area (Å²) < 4.78 is 7.30. The molecule has 0 saturated heterocycles. The molecule has 0 amide bonds. The molecule has 0 fully saturated rings. The zero-order valence-corrected chi connectivity index (χ0v) is 12.1. The van der Waals surface area contributed by atoms with E-state index in [1.807, 2.05) is 24.3 Å². The zero-order chi connectivity index (χ0) is 13.9. The van der Waals surface area contributed by atoms with Crippen LogP contribution in [0, 0.1) is 0 Å². The monoisotopic (exact) mass is 307 g/mol. The van der Waals surface area contributed by atoms with Gasteiger partial charge in [-0.3, -0.25) is 0 Å². The minimum atomic E-state index is 0.564. The normalized spacial score (nSPS) is 10.9. The first-order valence-electron chi connectivity index (χ1n) is 5.78. The quantitative estimate of drug-likeness (QED) is 0.690. The van der Waals surface area contributed by atoms with Crippen LogP contribution in [0.25, 0.3) is 11.3 Å². The Bertz CT molecular complexity index is 726. The summed E-state index contributed by atoms with van der Waals surface area (Å²) in [6, 6.07) is 7.46. The Kier molecular flexibility index (Phi) is 3.70. The minimum absolute atomic E-state index is 0.564. The molecule has 6 nitrogen and oxygen atoms in total. The smallest absolute Gasteiger partial charge is 0.209 e. The van der Waals surface area contributed by atoms with Crippen molar-refractivity contribution < 1.29 is 4.42 Å². The first-order chi connectivity index (χ1) is 9.72. The number of benzene rings is 1. The molecule has 1 aromatic carbocycles. The van der Waals surface area contributed by atoms with Crippen molar-refractivity contribution in [2.24, 2.45) is 7.05 Å². The highest BCUT2D eigenvalue weighted by Gasteiger charge is 2.09. The second kappa shape index (κ2) is 5.64. The highest BCUT2D eigenvalue weighted by Crippen LogP contribution is 2.26. The van der Waals surface area contributed by atoms with Gasteiger partial charge in [-0.25, -0.2) is 9.67 Å². The number of tetrazole rings is 1. The Hall–Kier alpha value is -1.86. The van der Waals surface area contributed by atoms with E-state index in [9.17, 15) is 0 Å². The van der Waals surface area contributed by atoms with Crippen molar-refractivity contribution in [3.8, 4) is 11.3 Å². The zero-order valence-electron chi connectivity index (χ0n) is 10.5. The summed E-state index contributed by atoms with van der Waals surface area (Å²) in [5.74, 6) is 1.88. The maximum atomic E-state index is 5.96. The summed E-state index contributed by atoms with van der Waals surface area (Å²) in [4.78, 5) is 4.24. The van der Waals surface area contributed by atoms with E-state index in [1.165, 1.54) is 11.8 Å². The summed E-state index contributed by atoms with van der Waals surface area (Å²) in [6.07, 6.45) is 1.69. The number of aryl methyl sites for hydroxylation is 1. The summed E-state index contributed by atoms with van der Waals surface area (Å²) in [5.41, 5.74) is 0.904. The fourth-order valence-corrected chi connectivity index (χ4v) is 2.52. The summed E-state index contributed by atoms with van der Waals surface area (Å²) in [7, 11) is 1.79. The van der Waals surface area contributed by atoms with Crippen LogP contribution in [0.3, 0.4) is 0 Å². The number of hydrogen-bond acceptors (Lipinski definition) is 6. The van der Waals surface area contributed by atoms with Crippen LogP contribution in [0.4, 0.5) is 0 Å². The molecule has 102 valence electrons. The van der Waals surface area contributed by atoms with Crippen LogP contribution in [0.1, 0.15) is 5.89 Å². The van der Waals surface area contributed by atoms with Crippen LogP contribution in [-0.2, 0) is 12.8 Å². The molecule has 0 aliphatic rings. The minimum Gasteiger partial charge on any atom is -0.440 e. The molecule has 0 unspecified atom stereocenters. The van der Waals surface area contributed by atoms with Gasteiger partial charge in [-0.2, -0.15) is 0 Å². The van der Waals surface area contributed by atoms with Gasteiger partial charge in [-0.1, -0.05) is 35.5 Å². The molecule has 20 heavy (non-hydrogen) atoms. The first-order valence-corrected chi connectivity index (χ1v) is 7.14. The standard InChI is InChI=1S/C12H10ClN5OS/c1-18-12(15-16-17-18)20-7-11-14-6-10(19-11)8-3-2-4-9(13)5-8/h2-6H,7H2,1H3. The van der Waals surface area contributed by atoms with E-state index >= 15 is 0 Å². The van der Waals surface area contributed by atoms with Gasteiger partial charge < -0.3 is 4.42 Å². The molecular weight excluding hydrogens is 298 g/mol. The molecular formula is C12H10ClN5OS. The molecule has 0 radical (unpaired) electrons. The Morgan fingerprint density at radius 1 is 1.40 bits per heavy atom. The van der Waals surface area contributed by atoms with Gasteiger partial charge in [-0.15, -0.1) is 5.10 Å². The van der Waals surface area contributed by atoms with Crippen LogP contribution in [0.15, 0.2) is 40.0 Å². The number of halogens is 1. The van der Waals surface area contributed by atoms with Crippen molar-refractivity contribution in [3.05, 3.63) is 41.4 Å². The first kappa shape index (κ1) is 13.1. The molecule has 0 atom stereocenters. The van der Waals surface area contributed by atoms with Gasteiger partial charge in [0.25, 0.3) is 0 Å². The molecule has 0 bridgehead atoms. The number of aromatic nitrogens is 5. The predicted octanol–water partition coefficient (Wildman–Crippen LogP) is 2.81. The highest BCUT2D eigenvalue weighted by atomic mass is 35.5. The molecule has 0 aliphatic carbocycles. The Balaban J connectivity index is 1.72. The maximum absolute atomic E-state index is 5.96. The van der Waals surface area contributed by atoms with Crippen molar-refractivity contribution in [2.75, 3.05) is 0 Å². The highest BCUT2D eigenvalue weighted by molar-refractivity contribution is 7.98. The Morgan fingerprint density at radius 2 is 2.30 bits per heavy atom. The van der Waals surface area contributed by atoms with E-state index in [4.69, 9.17) is 16.0 Å². The second-order valence-electron chi connectivity index (χ2n) is 4.00. The van der Waals surface area contributed by atoms with Crippen molar-refractivity contribution in [3.63, 3.8) is 0 Å². The lowest BCUT2D eigenvalue weighted by Gasteiger charge is -1.97. The van der Waals surface area contributed by atoms with Crippen LogP contribution < -0.4 is 0 Å². The Morgan fingerprint density at radius 3 is 3.05 bits per heavy atom. The third-order valence-electron chi connectivity index (χ3n) is 2.57. The van der Waals surface area contributed by atoms with Crippen LogP contribution in [-0.4, -0.2) is 25.2 Å². The lowest BCUT2D eigenvalue weighted by atomic mass is 10.2. The molecule has 0 spiro atoms. The topological polar surface area (TPSA) is 69.6 Å². The maximum Gasteiger partial charge on any atom is 0.209 e. The van der Waals surface area contributed by atoms with E-state index in [0.29, 0.717) is 27.6 Å². The van der Waals surface area contributed by atoms with Gasteiger partial charge in [0.05, 0.1) is 11.9 Å². The van der Waals surface area contributed by atoms with Gasteiger partial charge in [0.2, 0.25) is 11.0 Å². The fourth-order valence-electron chi connectivity index (χ4n) is 1.62. The number of hydrogen-bond donors (Lipinski definition) is 0. The lowest BCUT2D eigenvalue weighted by molar-refractivity contribution is 0.529. The van der Waals surface area contributed by atoms with Crippen molar-refractivity contribution in [1.82, 2.24) is 25.2 Å². The molecule has 0 saturated carbocycles. The number of rotatable bonds is 4. The van der Waals surface area contributed by atoms with Crippen LogP contribution in [0.2, 0.25) is 5.02 Å². The molecule has 0 aliphatic heterocycles. The number of oxazole rings is 1. The van der Waals surface area contributed by atoms with Crippen molar-refractivity contribution in [1.29, 1.82) is 0 Å². The molecule has 0 N–H and O–H groups in total. The number of thioether (sulfide) groups is 1. The molecule has 2 heterocycles. The summed E-state index contributed by atoms with van der Waals surface area (Å²) >= 11 is 7.42. The van der Waals surface area contributed by atoms with E-state index in [-0.39, 0.29) is 0 Å². The second-order valence-corrected chi connectivity index (χ2v) is 5.38. The van der Waals surface area contributed by atoms with Gasteiger partial charge in [0, 0.05) is 17.6 Å². The average molecular weight is 308 g/mol. The molecule has 3 aromatic rings. The fraction of sp³-hybridized carbons (Fsp3) is 0.167. The molecule has 3 rings (SSSR count). The van der Waals surface area contributed by atoms with E-state index in [2.05, 4.69) is 20.5 Å². The molecule has 8 heteroatoms. The van der Waals surface area contributed by atoms with E-state index in [0.717, 1.165) is 5.56 Å². The largest absolute Gasteiger partial charge is 0.440 e. The lowest BCUT2D eigenvalue weighted by Crippen LogP contribution is -1.93. The third kappa shape index (κ3) is 2.83. The van der Waals surface area contributed by atoms with E-state index in [1.54, 1.807) is 17.9 Å². The van der Waals surface area contributed by atoms with E-state index < -0.39 is 0 Å². The third-order valence-corrected chi connectivity index (χ3v) is 3.80. The SMILES string of the molecule is Cn1nnnc1SCc1ncc(-c2cccc(Cl)c2)o1. The summed E-state index contributed by atoms with van der Waals surface area (Å²) in [5, 5.41) is 12.6. The number of nitrogens with zero attached hydrogens (tertiary/aromatic N) is 5. The van der Waals surface area contributed by atoms with Gasteiger partial charge in [-0.05, 0) is 22.6 Å². The van der Waals surface area contributed by atoms with Crippen molar-refractivity contribution >= 4 is 23.4 Å². The van der Waals surface area contributed by atoms with Gasteiger partial charge in [0.15, 0.2) is 5.76 Å². The van der Waals surface area contributed by atoms with Gasteiger partial charge >= 0.3 is 0 Å². The summed E-state index contributed by atoms with van der Waals surface area (Å²) in [6.45, 7) is 0. The molecule has 2 aromatic heterocycles. The van der Waals surface area contributed by atoms with Gasteiger partial charge in [0.1, 0.15) is 0 Å². The predicted molar refractivity (Wildman–Crippen MR) is 75.3 cm³/mol. The van der Waals surface area contributed by atoms with Crippen LogP contribution >= 0.6 is 23.4 Å². The Labute approximate surface area is 124 Å².